The average molecular weight is 198 g/mol. The van der Waals surface area contributed by atoms with Crippen LogP contribution in [0, 0.1) is 11.8 Å². The lowest BCUT2D eigenvalue weighted by Gasteiger charge is -1.88. The fourth-order valence-electron chi connectivity index (χ4n) is 0.925. The molecule has 12 heavy (non-hydrogen) atoms. The van der Waals surface area contributed by atoms with E-state index in [9.17, 15) is 0 Å². The van der Waals surface area contributed by atoms with Crippen molar-refractivity contribution in [2.45, 2.75) is 6.92 Å². The summed E-state index contributed by atoms with van der Waals surface area (Å²) in [5.41, 5.74) is 2.16. The molecule has 0 fully saturated rings. The van der Waals surface area contributed by atoms with Gasteiger partial charge in [-0.15, -0.1) is 5.10 Å². The maximum absolute atomic E-state index is 5.16. The molecular formula is C7H6N2OS2. The molecule has 0 amide bonds. The van der Waals surface area contributed by atoms with E-state index in [4.69, 9.17) is 16.6 Å². The molecule has 0 saturated carbocycles. The Morgan fingerprint density at radius 1 is 1.58 bits per heavy atom. The van der Waals surface area contributed by atoms with Crippen molar-refractivity contribution in [3.8, 4) is 11.5 Å². The number of nitrogens with one attached hydrogen (secondary N) is 1. The lowest BCUT2D eigenvalue weighted by atomic mass is 10.2. The molecule has 3 nitrogen and oxygen atoms in total. The predicted molar refractivity (Wildman–Crippen MR) is 49.7 cm³/mol. The van der Waals surface area contributed by atoms with Gasteiger partial charge in [-0.1, -0.05) is 0 Å². The van der Waals surface area contributed by atoms with E-state index >= 15 is 0 Å². The molecule has 0 aromatic carbocycles. The van der Waals surface area contributed by atoms with E-state index < -0.39 is 0 Å². The molecule has 0 aliphatic carbocycles. The van der Waals surface area contributed by atoms with Crippen LogP contribution in [0.5, 0.6) is 0 Å². The third-order valence-corrected chi connectivity index (χ3v) is 2.56. The highest BCUT2D eigenvalue weighted by atomic mass is 32.1. The van der Waals surface area contributed by atoms with Gasteiger partial charge in [-0.3, -0.25) is 0 Å². The lowest BCUT2D eigenvalue weighted by molar-refractivity contribution is 0.552. The minimum atomic E-state index is 0.315. The summed E-state index contributed by atoms with van der Waals surface area (Å²) in [6, 6.07) is 0. The van der Waals surface area contributed by atoms with Crippen molar-refractivity contribution in [1.29, 1.82) is 0 Å². The van der Waals surface area contributed by atoms with E-state index in [1.807, 2.05) is 17.7 Å². The maximum Gasteiger partial charge on any atom is 0.284 e. The molecule has 0 bridgehead atoms. The smallest absolute Gasteiger partial charge is 0.284 e. The highest BCUT2D eigenvalue weighted by Crippen LogP contribution is 2.24. The van der Waals surface area contributed by atoms with Crippen LogP contribution in [0.4, 0.5) is 0 Å². The Morgan fingerprint density at radius 2 is 2.42 bits per heavy atom. The number of rotatable bonds is 1. The number of H-pyrrole nitrogens is 1. The van der Waals surface area contributed by atoms with Gasteiger partial charge in [-0.25, -0.2) is 5.10 Å². The number of hydrogen-bond donors (Lipinski definition) is 1. The second-order valence-electron chi connectivity index (χ2n) is 2.39. The van der Waals surface area contributed by atoms with Crippen LogP contribution in [0.25, 0.3) is 11.5 Å². The van der Waals surface area contributed by atoms with E-state index in [-0.39, 0.29) is 0 Å². The number of nitrogens with zero attached hydrogens (tertiary/aromatic N) is 1. The highest BCUT2D eigenvalue weighted by Gasteiger charge is 2.07. The Kier molecular flexibility index (Phi) is 1.82. The fourth-order valence-corrected chi connectivity index (χ4v) is 1.87. The summed E-state index contributed by atoms with van der Waals surface area (Å²) in [6.07, 6.45) is 0. The number of aromatic amines is 1. The van der Waals surface area contributed by atoms with Gasteiger partial charge in [-0.2, -0.15) is 11.3 Å². The SMILES string of the molecule is Cc1cscc1-c1n[nH]c(=S)o1. The van der Waals surface area contributed by atoms with Crippen LogP contribution < -0.4 is 0 Å². The minimum Gasteiger partial charge on any atom is -0.409 e. The predicted octanol–water partition coefficient (Wildman–Crippen LogP) is 2.77. The van der Waals surface area contributed by atoms with E-state index in [1.165, 1.54) is 0 Å². The molecule has 1 N–H and O–H groups in total. The third-order valence-electron chi connectivity index (χ3n) is 1.52. The third kappa shape index (κ3) is 1.21. The molecule has 0 aliphatic heterocycles. The lowest BCUT2D eigenvalue weighted by Crippen LogP contribution is -1.76. The van der Waals surface area contributed by atoms with E-state index in [0.717, 1.165) is 11.1 Å². The molecule has 0 saturated heterocycles. The van der Waals surface area contributed by atoms with Crippen molar-refractivity contribution in [3.63, 3.8) is 0 Å². The number of aromatic nitrogens is 2. The van der Waals surface area contributed by atoms with Gasteiger partial charge in [0.25, 0.3) is 4.84 Å². The van der Waals surface area contributed by atoms with Crippen molar-refractivity contribution in [2.75, 3.05) is 0 Å². The topological polar surface area (TPSA) is 41.8 Å². The van der Waals surface area contributed by atoms with Crippen molar-refractivity contribution in [1.82, 2.24) is 10.2 Å². The zero-order valence-electron chi connectivity index (χ0n) is 6.33. The van der Waals surface area contributed by atoms with Crippen molar-refractivity contribution in [3.05, 3.63) is 21.2 Å². The summed E-state index contributed by atoms with van der Waals surface area (Å²) < 4.78 is 5.16. The van der Waals surface area contributed by atoms with Crippen LogP contribution in [0.1, 0.15) is 5.56 Å². The Balaban J connectivity index is 2.57. The van der Waals surface area contributed by atoms with Crippen molar-refractivity contribution < 1.29 is 4.42 Å². The molecule has 0 spiro atoms. The van der Waals surface area contributed by atoms with Crippen LogP contribution in [0.15, 0.2) is 15.2 Å². The summed E-state index contributed by atoms with van der Waals surface area (Å²) in [5, 5.41) is 10.6. The van der Waals surface area contributed by atoms with Gasteiger partial charge in [0.1, 0.15) is 0 Å². The van der Waals surface area contributed by atoms with E-state index in [2.05, 4.69) is 10.2 Å². The van der Waals surface area contributed by atoms with Gasteiger partial charge in [0.2, 0.25) is 5.89 Å². The minimum absolute atomic E-state index is 0.315. The van der Waals surface area contributed by atoms with Gasteiger partial charge in [0.15, 0.2) is 0 Å². The van der Waals surface area contributed by atoms with E-state index in [1.54, 1.807) is 11.3 Å². The monoisotopic (exact) mass is 198 g/mol. The first-order chi connectivity index (χ1) is 5.77. The first-order valence-corrected chi connectivity index (χ1v) is 4.71. The fraction of sp³-hybridized carbons (Fsp3) is 0.143. The van der Waals surface area contributed by atoms with E-state index in [0.29, 0.717) is 10.7 Å². The van der Waals surface area contributed by atoms with Crippen LogP contribution >= 0.6 is 23.6 Å². The molecule has 62 valence electrons. The number of thiophene rings is 1. The Hall–Kier alpha value is -0.940. The Bertz CT molecular complexity index is 440. The molecule has 0 aliphatic rings. The van der Waals surface area contributed by atoms with Gasteiger partial charge in [-0.05, 0) is 30.1 Å². The molecule has 2 aromatic rings. The summed E-state index contributed by atoms with van der Waals surface area (Å²) in [6.45, 7) is 2.01. The maximum atomic E-state index is 5.16. The molecule has 2 aromatic heterocycles. The number of aryl methyl sites for hydroxylation is 1. The van der Waals surface area contributed by atoms with Crippen molar-refractivity contribution in [2.24, 2.45) is 0 Å². The standard InChI is InChI=1S/C7H6N2OS2/c1-4-2-12-3-5(4)6-8-9-7(11)10-6/h2-3H,1H3,(H,9,11). The second kappa shape index (κ2) is 2.84. The molecule has 0 radical (unpaired) electrons. The largest absolute Gasteiger partial charge is 0.409 e. The Morgan fingerprint density at radius 3 is 2.92 bits per heavy atom. The van der Waals surface area contributed by atoms with Gasteiger partial charge >= 0.3 is 0 Å². The molecule has 0 unspecified atom stereocenters. The van der Waals surface area contributed by atoms with Gasteiger partial charge < -0.3 is 4.42 Å². The molecular weight excluding hydrogens is 192 g/mol. The number of hydrogen-bond acceptors (Lipinski definition) is 4. The zero-order chi connectivity index (χ0) is 8.55. The normalized spacial score (nSPS) is 10.4. The summed E-state index contributed by atoms with van der Waals surface area (Å²) in [4.78, 5) is 0.315. The highest BCUT2D eigenvalue weighted by molar-refractivity contribution is 7.71. The van der Waals surface area contributed by atoms with Crippen LogP contribution in [-0.4, -0.2) is 10.2 Å². The zero-order valence-corrected chi connectivity index (χ0v) is 7.96. The van der Waals surface area contributed by atoms with Crippen LogP contribution in [0.3, 0.4) is 0 Å². The van der Waals surface area contributed by atoms with Gasteiger partial charge in [0.05, 0.1) is 5.56 Å². The summed E-state index contributed by atoms with van der Waals surface area (Å²) in [7, 11) is 0. The average Bonchev–Trinajstić information content (AvgIpc) is 2.58. The first kappa shape index (κ1) is 7.70. The second-order valence-corrected chi connectivity index (χ2v) is 3.50. The molecule has 0 atom stereocenters. The van der Waals surface area contributed by atoms with Gasteiger partial charge in [0, 0.05) is 5.38 Å². The molecule has 2 heterocycles. The first-order valence-electron chi connectivity index (χ1n) is 3.36. The molecule has 2 rings (SSSR count). The van der Waals surface area contributed by atoms with Crippen LogP contribution in [0.2, 0.25) is 0 Å². The van der Waals surface area contributed by atoms with Crippen LogP contribution in [-0.2, 0) is 0 Å². The summed E-state index contributed by atoms with van der Waals surface area (Å²) in [5.74, 6) is 0.568. The van der Waals surface area contributed by atoms with Crippen molar-refractivity contribution >= 4 is 23.6 Å². The quantitative estimate of drug-likeness (QED) is 0.716. The summed E-state index contributed by atoms with van der Waals surface area (Å²) >= 11 is 6.39. The Labute approximate surface area is 78.1 Å². The molecule has 5 heteroatoms.